The first-order valence-corrected chi connectivity index (χ1v) is 9.34. The first kappa shape index (κ1) is 18.1. The number of imidazole rings is 1. The predicted octanol–water partition coefficient (Wildman–Crippen LogP) is 4.14. The average Bonchev–Trinajstić information content (AvgIpc) is 3.11. The highest BCUT2D eigenvalue weighted by Gasteiger charge is 2.31. The minimum Gasteiger partial charge on any atom is -0.493 e. The lowest BCUT2D eigenvalue weighted by atomic mass is 9.89. The maximum atomic E-state index is 12.5. The number of para-hydroxylation sites is 1. The van der Waals surface area contributed by atoms with Crippen molar-refractivity contribution in [2.45, 2.75) is 32.3 Å². The Bertz CT molecular complexity index is 996. The number of carbonyl (C=O) groups is 1. The molecular formula is C22H23N3O3. The number of aromatic nitrogens is 2. The third-order valence-corrected chi connectivity index (χ3v) is 4.76. The number of fused-ring (bicyclic) bond motifs is 1. The molecule has 1 atom stereocenters. The minimum absolute atomic E-state index is 0.0201. The number of benzene rings is 2. The normalized spacial score (nSPS) is 15.9. The van der Waals surface area contributed by atoms with Crippen LogP contribution in [-0.4, -0.2) is 28.7 Å². The lowest BCUT2D eigenvalue weighted by Crippen LogP contribution is -2.25. The fourth-order valence-corrected chi connectivity index (χ4v) is 3.52. The van der Waals surface area contributed by atoms with Crippen molar-refractivity contribution >= 4 is 11.7 Å². The third-order valence-electron chi connectivity index (χ3n) is 4.76. The standard InChI is InChI=1S/C22H23N3O3/c1-14(2)28-19-11-15(9-10-18(19)27-3)17-12-20(26)24-22-21(17)23-13-25(22)16-7-5-4-6-8-16/h4-11,13-14,17H,12H2,1-3H3,(H,24,26). The molecule has 28 heavy (non-hydrogen) atoms. The molecule has 2 aromatic carbocycles. The predicted molar refractivity (Wildman–Crippen MR) is 107 cm³/mol. The highest BCUT2D eigenvalue weighted by atomic mass is 16.5. The van der Waals surface area contributed by atoms with E-state index in [1.807, 2.05) is 66.9 Å². The van der Waals surface area contributed by atoms with Gasteiger partial charge in [0.05, 0.1) is 18.9 Å². The number of nitrogens with one attached hydrogen (secondary N) is 1. The molecule has 6 heteroatoms. The van der Waals surface area contributed by atoms with Gasteiger partial charge >= 0.3 is 0 Å². The van der Waals surface area contributed by atoms with E-state index in [0.29, 0.717) is 17.9 Å². The molecule has 6 nitrogen and oxygen atoms in total. The number of ether oxygens (including phenoxy) is 2. The zero-order valence-corrected chi connectivity index (χ0v) is 16.2. The summed E-state index contributed by atoms with van der Waals surface area (Å²) in [5.74, 6) is 1.89. The maximum absolute atomic E-state index is 12.5. The van der Waals surface area contributed by atoms with Gasteiger partial charge in [0.2, 0.25) is 5.91 Å². The molecule has 3 aromatic rings. The molecule has 1 amide bonds. The van der Waals surface area contributed by atoms with E-state index in [4.69, 9.17) is 9.47 Å². The van der Waals surface area contributed by atoms with Crippen molar-refractivity contribution in [1.29, 1.82) is 0 Å². The Morgan fingerprint density at radius 2 is 1.93 bits per heavy atom. The number of amides is 1. The summed E-state index contributed by atoms with van der Waals surface area (Å²) in [5, 5.41) is 2.98. The molecule has 0 saturated heterocycles. The second kappa shape index (κ2) is 7.38. The van der Waals surface area contributed by atoms with Gasteiger partial charge in [-0.1, -0.05) is 24.3 Å². The van der Waals surface area contributed by atoms with Crippen LogP contribution in [0, 0.1) is 0 Å². The van der Waals surface area contributed by atoms with Crippen LogP contribution in [-0.2, 0) is 4.79 Å². The number of hydrogen-bond donors (Lipinski definition) is 1. The van der Waals surface area contributed by atoms with Crippen LogP contribution >= 0.6 is 0 Å². The van der Waals surface area contributed by atoms with Gasteiger partial charge in [-0.3, -0.25) is 9.36 Å². The summed E-state index contributed by atoms with van der Waals surface area (Å²) in [6.07, 6.45) is 2.12. The summed E-state index contributed by atoms with van der Waals surface area (Å²) in [6, 6.07) is 15.7. The van der Waals surface area contributed by atoms with E-state index in [1.165, 1.54) is 0 Å². The molecule has 0 radical (unpaired) electrons. The molecule has 0 aliphatic carbocycles. The monoisotopic (exact) mass is 377 g/mol. The van der Waals surface area contributed by atoms with E-state index < -0.39 is 0 Å². The van der Waals surface area contributed by atoms with Crippen molar-refractivity contribution in [1.82, 2.24) is 9.55 Å². The quantitative estimate of drug-likeness (QED) is 0.726. The number of methoxy groups -OCH3 is 1. The molecule has 1 unspecified atom stereocenters. The van der Waals surface area contributed by atoms with Crippen LogP contribution in [0.5, 0.6) is 11.5 Å². The fraction of sp³-hybridized carbons (Fsp3) is 0.273. The van der Waals surface area contributed by atoms with Crippen molar-refractivity contribution in [3.8, 4) is 17.2 Å². The Kier molecular flexibility index (Phi) is 4.77. The van der Waals surface area contributed by atoms with Crippen molar-refractivity contribution in [3.05, 3.63) is 66.1 Å². The first-order valence-electron chi connectivity index (χ1n) is 9.34. The van der Waals surface area contributed by atoms with Gasteiger partial charge in [0.1, 0.15) is 12.1 Å². The minimum atomic E-state index is -0.144. The molecule has 2 heterocycles. The van der Waals surface area contributed by atoms with Gasteiger partial charge in [-0.15, -0.1) is 0 Å². The number of anilines is 1. The van der Waals surface area contributed by atoms with Crippen LogP contribution in [0.25, 0.3) is 5.69 Å². The second-order valence-corrected chi connectivity index (χ2v) is 7.07. The van der Waals surface area contributed by atoms with Crippen LogP contribution in [0.3, 0.4) is 0 Å². The highest BCUT2D eigenvalue weighted by Crippen LogP contribution is 2.40. The van der Waals surface area contributed by atoms with Gasteiger partial charge in [-0.05, 0) is 43.7 Å². The van der Waals surface area contributed by atoms with E-state index in [1.54, 1.807) is 13.4 Å². The fourth-order valence-electron chi connectivity index (χ4n) is 3.52. The zero-order valence-electron chi connectivity index (χ0n) is 16.2. The Morgan fingerprint density at radius 3 is 2.64 bits per heavy atom. The Labute approximate surface area is 164 Å². The molecule has 144 valence electrons. The van der Waals surface area contributed by atoms with Crippen molar-refractivity contribution in [2.75, 3.05) is 12.4 Å². The van der Waals surface area contributed by atoms with Crippen LogP contribution in [0.2, 0.25) is 0 Å². The van der Waals surface area contributed by atoms with E-state index in [-0.39, 0.29) is 17.9 Å². The average molecular weight is 377 g/mol. The third kappa shape index (κ3) is 3.33. The Balaban J connectivity index is 1.77. The van der Waals surface area contributed by atoms with Crippen LogP contribution in [0.4, 0.5) is 5.82 Å². The summed E-state index contributed by atoms with van der Waals surface area (Å²) in [4.78, 5) is 17.1. The lowest BCUT2D eigenvalue weighted by molar-refractivity contribution is -0.116. The highest BCUT2D eigenvalue weighted by molar-refractivity contribution is 5.94. The van der Waals surface area contributed by atoms with Gasteiger partial charge in [-0.25, -0.2) is 4.98 Å². The molecular weight excluding hydrogens is 354 g/mol. The first-order chi connectivity index (χ1) is 13.6. The van der Waals surface area contributed by atoms with Crippen molar-refractivity contribution in [2.24, 2.45) is 0 Å². The number of hydrogen-bond acceptors (Lipinski definition) is 4. The summed E-state index contributed by atoms with van der Waals surface area (Å²) in [7, 11) is 1.62. The van der Waals surface area contributed by atoms with Crippen molar-refractivity contribution in [3.63, 3.8) is 0 Å². The van der Waals surface area contributed by atoms with Crippen LogP contribution in [0.15, 0.2) is 54.9 Å². The van der Waals surface area contributed by atoms with Gasteiger partial charge in [-0.2, -0.15) is 0 Å². The molecule has 0 fully saturated rings. The molecule has 4 rings (SSSR count). The number of nitrogens with zero attached hydrogens (tertiary/aromatic N) is 2. The van der Waals surface area contributed by atoms with Crippen LogP contribution in [0.1, 0.15) is 37.4 Å². The molecule has 0 saturated carbocycles. The molecule has 0 spiro atoms. The topological polar surface area (TPSA) is 65.4 Å². The summed E-state index contributed by atoms with van der Waals surface area (Å²) < 4.78 is 13.2. The number of rotatable bonds is 5. The molecule has 0 bridgehead atoms. The van der Waals surface area contributed by atoms with Gasteiger partial charge < -0.3 is 14.8 Å². The number of carbonyl (C=O) groups excluding carboxylic acids is 1. The maximum Gasteiger partial charge on any atom is 0.226 e. The Morgan fingerprint density at radius 1 is 1.14 bits per heavy atom. The van der Waals surface area contributed by atoms with E-state index in [0.717, 1.165) is 22.8 Å². The SMILES string of the molecule is COc1ccc(C2CC(=O)Nc3c2ncn3-c2ccccc2)cc1OC(C)C. The van der Waals surface area contributed by atoms with Crippen molar-refractivity contribution < 1.29 is 14.3 Å². The van der Waals surface area contributed by atoms with E-state index in [9.17, 15) is 4.79 Å². The largest absolute Gasteiger partial charge is 0.493 e. The smallest absolute Gasteiger partial charge is 0.226 e. The van der Waals surface area contributed by atoms with E-state index in [2.05, 4.69) is 10.3 Å². The van der Waals surface area contributed by atoms with Gasteiger partial charge in [0, 0.05) is 18.0 Å². The van der Waals surface area contributed by atoms with E-state index >= 15 is 0 Å². The zero-order chi connectivity index (χ0) is 19.7. The summed E-state index contributed by atoms with van der Waals surface area (Å²) in [6.45, 7) is 3.94. The summed E-state index contributed by atoms with van der Waals surface area (Å²) in [5.41, 5.74) is 2.78. The van der Waals surface area contributed by atoms with Gasteiger partial charge in [0.15, 0.2) is 11.5 Å². The van der Waals surface area contributed by atoms with Gasteiger partial charge in [0.25, 0.3) is 0 Å². The molecule has 1 N–H and O–H groups in total. The summed E-state index contributed by atoms with van der Waals surface area (Å²) >= 11 is 0. The molecule has 1 aliphatic rings. The Hall–Kier alpha value is -3.28. The molecule has 1 aromatic heterocycles. The lowest BCUT2D eigenvalue weighted by Gasteiger charge is -2.24. The second-order valence-electron chi connectivity index (χ2n) is 7.07. The molecule has 1 aliphatic heterocycles. The van der Waals surface area contributed by atoms with Crippen LogP contribution < -0.4 is 14.8 Å².